The van der Waals surface area contributed by atoms with Gasteiger partial charge in [-0.15, -0.1) is 0 Å². The maximum atomic E-state index is 12.2. The average Bonchev–Trinajstić information content (AvgIpc) is 2.95. The largest absolute Gasteiger partial charge is 0.450 e. The summed E-state index contributed by atoms with van der Waals surface area (Å²) < 4.78 is 46.5. The van der Waals surface area contributed by atoms with Crippen LogP contribution in [0.3, 0.4) is 0 Å². The maximum absolute atomic E-state index is 12.2. The van der Waals surface area contributed by atoms with E-state index in [1.54, 1.807) is 0 Å². The fourth-order valence-electron chi connectivity index (χ4n) is 1.68. The zero-order valence-electron chi connectivity index (χ0n) is 9.53. The van der Waals surface area contributed by atoms with Gasteiger partial charge in [-0.3, -0.25) is 4.79 Å². The predicted molar refractivity (Wildman–Crippen MR) is 52.0 cm³/mol. The summed E-state index contributed by atoms with van der Waals surface area (Å²) in [6.45, 7) is 2.07. The van der Waals surface area contributed by atoms with Crippen LogP contribution in [-0.4, -0.2) is 35.3 Å². The second-order valence-electron chi connectivity index (χ2n) is 4.14. The Hall–Kier alpha value is -1.44. The topological polar surface area (TPSA) is 65.2 Å². The molecular formula is C10H11F3N2O3. The van der Waals surface area contributed by atoms with Crippen molar-refractivity contribution >= 4 is 5.78 Å². The zero-order valence-corrected chi connectivity index (χ0v) is 9.53. The molecule has 0 bridgehead atoms. The van der Waals surface area contributed by atoms with E-state index in [9.17, 15) is 18.0 Å². The Kier molecular flexibility index (Phi) is 3.38. The molecule has 0 amide bonds. The number of hydrogen-bond donors (Lipinski definition) is 0. The molecule has 0 spiro atoms. The molecule has 18 heavy (non-hydrogen) atoms. The molecular weight excluding hydrogens is 253 g/mol. The van der Waals surface area contributed by atoms with Crippen LogP contribution < -0.4 is 0 Å². The van der Waals surface area contributed by atoms with Crippen LogP contribution in [0.2, 0.25) is 0 Å². The molecule has 0 radical (unpaired) electrons. The van der Waals surface area contributed by atoms with Gasteiger partial charge in [0.2, 0.25) is 11.7 Å². The standard InChI is InChI=1S/C10H11F3N2O3/c1-5(7(16)10(11,12)13)9-14-8(15-18-9)6-2-3-17-4-6/h5-6H,2-4H2,1H3. The van der Waals surface area contributed by atoms with Crippen molar-refractivity contribution in [2.45, 2.75) is 31.4 Å². The molecule has 1 aliphatic rings. The van der Waals surface area contributed by atoms with Crippen molar-refractivity contribution < 1.29 is 27.2 Å². The van der Waals surface area contributed by atoms with E-state index in [0.717, 1.165) is 6.92 Å². The number of aromatic nitrogens is 2. The molecule has 1 fully saturated rings. The van der Waals surface area contributed by atoms with Crippen LogP contribution in [0.25, 0.3) is 0 Å². The van der Waals surface area contributed by atoms with E-state index in [0.29, 0.717) is 25.5 Å². The van der Waals surface area contributed by atoms with Gasteiger partial charge in [-0.25, -0.2) is 0 Å². The lowest BCUT2D eigenvalue weighted by molar-refractivity contribution is -0.172. The summed E-state index contributed by atoms with van der Waals surface area (Å²) in [4.78, 5) is 14.9. The molecule has 1 aliphatic heterocycles. The number of alkyl halides is 3. The van der Waals surface area contributed by atoms with Gasteiger partial charge < -0.3 is 9.26 Å². The van der Waals surface area contributed by atoms with Crippen LogP contribution in [0.15, 0.2) is 4.52 Å². The highest BCUT2D eigenvalue weighted by molar-refractivity contribution is 5.89. The molecule has 2 rings (SSSR count). The van der Waals surface area contributed by atoms with E-state index in [-0.39, 0.29) is 11.8 Å². The van der Waals surface area contributed by atoms with Crippen molar-refractivity contribution in [1.29, 1.82) is 0 Å². The lowest BCUT2D eigenvalue weighted by atomic mass is 10.1. The Labute approximate surface area is 100 Å². The van der Waals surface area contributed by atoms with Crippen molar-refractivity contribution in [3.05, 3.63) is 11.7 Å². The second-order valence-corrected chi connectivity index (χ2v) is 4.14. The van der Waals surface area contributed by atoms with E-state index in [4.69, 9.17) is 9.26 Å². The molecule has 0 aromatic carbocycles. The smallest absolute Gasteiger partial charge is 0.381 e. The Morgan fingerprint density at radius 2 is 2.22 bits per heavy atom. The molecule has 0 aliphatic carbocycles. The summed E-state index contributed by atoms with van der Waals surface area (Å²) in [5.41, 5.74) is 0. The summed E-state index contributed by atoms with van der Waals surface area (Å²) in [5.74, 6) is -3.45. The molecule has 5 nitrogen and oxygen atoms in total. The maximum Gasteiger partial charge on any atom is 0.450 e. The third kappa shape index (κ3) is 2.53. The third-order valence-corrected chi connectivity index (χ3v) is 2.80. The van der Waals surface area contributed by atoms with Gasteiger partial charge in [-0.1, -0.05) is 5.16 Å². The van der Waals surface area contributed by atoms with Crippen LogP contribution in [0.1, 0.15) is 36.9 Å². The third-order valence-electron chi connectivity index (χ3n) is 2.80. The van der Waals surface area contributed by atoms with Gasteiger partial charge in [-0.2, -0.15) is 18.2 Å². The van der Waals surface area contributed by atoms with Gasteiger partial charge in [0.05, 0.1) is 6.61 Å². The van der Waals surface area contributed by atoms with Gasteiger partial charge >= 0.3 is 6.18 Å². The van der Waals surface area contributed by atoms with E-state index in [2.05, 4.69) is 10.1 Å². The Bertz CT molecular complexity index is 438. The highest BCUT2D eigenvalue weighted by Gasteiger charge is 2.44. The zero-order chi connectivity index (χ0) is 13.3. The van der Waals surface area contributed by atoms with Crippen LogP contribution in [0.4, 0.5) is 13.2 Å². The summed E-state index contributed by atoms with van der Waals surface area (Å²) >= 11 is 0. The van der Waals surface area contributed by atoms with Crippen LogP contribution in [-0.2, 0) is 9.53 Å². The normalized spacial score (nSPS) is 22.1. The van der Waals surface area contributed by atoms with Crippen molar-refractivity contribution in [2.75, 3.05) is 13.2 Å². The monoisotopic (exact) mass is 264 g/mol. The van der Waals surface area contributed by atoms with E-state index >= 15 is 0 Å². The summed E-state index contributed by atoms with van der Waals surface area (Å²) in [7, 11) is 0. The SMILES string of the molecule is CC(C(=O)C(F)(F)F)c1nc(C2CCOC2)no1. The molecule has 0 N–H and O–H groups in total. The number of ketones is 1. The Morgan fingerprint density at radius 1 is 1.50 bits per heavy atom. The first-order chi connectivity index (χ1) is 8.39. The number of Topliss-reactive ketones (excluding diaryl/α,β-unsaturated/α-hetero) is 1. The first-order valence-corrected chi connectivity index (χ1v) is 5.42. The number of nitrogens with zero attached hydrogens (tertiary/aromatic N) is 2. The van der Waals surface area contributed by atoms with Gasteiger partial charge in [0.15, 0.2) is 5.82 Å². The first kappa shape index (κ1) is 13.0. The minimum Gasteiger partial charge on any atom is -0.381 e. The lowest BCUT2D eigenvalue weighted by Gasteiger charge is -2.08. The number of carbonyl (C=O) groups excluding carboxylic acids is 1. The number of halogens is 3. The van der Waals surface area contributed by atoms with E-state index in [1.807, 2.05) is 0 Å². The van der Waals surface area contributed by atoms with Gasteiger partial charge in [0, 0.05) is 12.5 Å². The molecule has 1 aromatic heterocycles. The fraction of sp³-hybridized carbons (Fsp3) is 0.700. The first-order valence-electron chi connectivity index (χ1n) is 5.42. The average molecular weight is 264 g/mol. The summed E-state index contributed by atoms with van der Waals surface area (Å²) in [6, 6.07) is 0. The van der Waals surface area contributed by atoms with Crippen molar-refractivity contribution in [3.63, 3.8) is 0 Å². The number of hydrogen-bond acceptors (Lipinski definition) is 5. The predicted octanol–water partition coefficient (Wildman–Crippen LogP) is 1.81. The van der Waals surface area contributed by atoms with E-state index in [1.165, 1.54) is 0 Å². The molecule has 2 atom stereocenters. The molecule has 0 saturated carbocycles. The second kappa shape index (κ2) is 4.68. The van der Waals surface area contributed by atoms with Crippen molar-refractivity contribution in [3.8, 4) is 0 Å². The Morgan fingerprint density at radius 3 is 2.78 bits per heavy atom. The molecule has 100 valence electrons. The van der Waals surface area contributed by atoms with Crippen LogP contribution >= 0.6 is 0 Å². The van der Waals surface area contributed by atoms with E-state index < -0.39 is 17.9 Å². The van der Waals surface area contributed by atoms with Gasteiger partial charge in [-0.05, 0) is 13.3 Å². The molecule has 2 unspecified atom stereocenters. The van der Waals surface area contributed by atoms with Crippen molar-refractivity contribution in [1.82, 2.24) is 10.1 Å². The molecule has 2 heterocycles. The number of rotatable bonds is 3. The number of carbonyl (C=O) groups is 1. The Balaban J connectivity index is 2.12. The summed E-state index contributed by atoms with van der Waals surface area (Å²) in [5, 5.41) is 3.60. The fourth-order valence-corrected chi connectivity index (χ4v) is 1.68. The summed E-state index contributed by atoms with van der Waals surface area (Å²) in [6.07, 6.45) is -4.20. The van der Waals surface area contributed by atoms with Crippen LogP contribution in [0, 0.1) is 0 Å². The van der Waals surface area contributed by atoms with Crippen molar-refractivity contribution in [2.24, 2.45) is 0 Å². The number of ether oxygens (including phenoxy) is 1. The highest BCUT2D eigenvalue weighted by Crippen LogP contribution is 2.28. The minimum atomic E-state index is -4.90. The molecule has 8 heteroatoms. The minimum absolute atomic E-state index is 0.0734. The highest BCUT2D eigenvalue weighted by atomic mass is 19.4. The molecule has 1 aromatic rings. The van der Waals surface area contributed by atoms with Crippen LogP contribution in [0.5, 0.6) is 0 Å². The van der Waals surface area contributed by atoms with Gasteiger partial charge in [0.1, 0.15) is 5.92 Å². The lowest BCUT2D eigenvalue weighted by Crippen LogP contribution is -2.27. The molecule has 1 saturated heterocycles. The quantitative estimate of drug-likeness (QED) is 0.833. The van der Waals surface area contributed by atoms with Gasteiger partial charge in [0.25, 0.3) is 0 Å².